The summed E-state index contributed by atoms with van der Waals surface area (Å²) in [4.78, 5) is 0. The van der Waals surface area contributed by atoms with Gasteiger partial charge in [-0.3, -0.25) is 0 Å². The first kappa shape index (κ1) is 35.0. The Morgan fingerprint density at radius 2 is 0.833 bits per heavy atom. The largest absolute Gasteiger partial charge is 0.203 e. The molecule has 0 unspecified atom stereocenters. The highest BCUT2D eigenvalue weighted by Gasteiger charge is 2.11. The zero-order chi connectivity index (χ0) is 30.4. The van der Waals surface area contributed by atoms with Gasteiger partial charge in [-0.05, 0) is 61.5 Å². The monoisotopic (exact) mass is 578 g/mol. The molecule has 0 aliphatic rings. The summed E-state index contributed by atoms with van der Waals surface area (Å²) in [6.07, 6.45) is 25.4. The van der Waals surface area contributed by atoms with Gasteiger partial charge in [0, 0.05) is 11.1 Å². The highest BCUT2D eigenvalue weighted by molar-refractivity contribution is 5.55. The molecule has 0 atom stereocenters. The summed E-state index contributed by atoms with van der Waals surface area (Å²) in [5, 5.41) is 0. The van der Waals surface area contributed by atoms with Gasteiger partial charge in [0.2, 0.25) is 0 Å². The summed E-state index contributed by atoms with van der Waals surface area (Å²) in [6, 6.07) is 5.75. The standard InChI is InChI=1S/C38H46F4/c1-3-5-7-9-11-13-15-17-19-23-31-27-29-33(37(41)35(31)39)25-21-22-26-34-30-28-32(36(40)38(34)42)24-20-18-16-14-12-10-8-6-4-2/h19-20,23-24,27-30H,3-18H2,1-2H3/b23-19+,24-20+. The summed E-state index contributed by atoms with van der Waals surface area (Å²) in [7, 11) is 0. The van der Waals surface area contributed by atoms with Gasteiger partial charge in [-0.2, -0.15) is 0 Å². The molecule has 226 valence electrons. The molecule has 2 rings (SSSR count). The van der Waals surface area contributed by atoms with Crippen molar-refractivity contribution in [1.82, 2.24) is 0 Å². The lowest BCUT2D eigenvalue weighted by Crippen LogP contribution is -1.93. The molecule has 0 saturated carbocycles. The van der Waals surface area contributed by atoms with Crippen LogP contribution in [0.25, 0.3) is 12.2 Å². The van der Waals surface area contributed by atoms with Gasteiger partial charge in [-0.15, -0.1) is 0 Å². The average molecular weight is 579 g/mol. The summed E-state index contributed by atoms with van der Waals surface area (Å²) in [6.45, 7) is 4.39. The van der Waals surface area contributed by atoms with Crippen LogP contribution in [0.15, 0.2) is 36.4 Å². The minimum absolute atomic E-state index is 0.140. The van der Waals surface area contributed by atoms with Gasteiger partial charge >= 0.3 is 0 Å². The number of hydrogen-bond acceptors (Lipinski definition) is 0. The van der Waals surface area contributed by atoms with E-state index in [1.54, 1.807) is 12.2 Å². The Bertz CT molecular complexity index is 1160. The van der Waals surface area contributed by atoms with E-state index in [0.29, 0.717) is 0 Å². The summed E-state index contributed by atoms with van der Waals surface area (Å²) >= 11 is 0. The molecule has 0 spiro atoms. The fraction of sp³-hybridized carbons (Fsp3) is 0.474. The molecule has 0 nitrogen and oxygen atoms in total. The third-order valence-electron chi connectivity index (χ3n) is 7.22. The van der Waals surface area contributed by atoms with E-state index in [0.717, 1.165) is 38.5 Å². The smallest absolute Gasteiger partial charge is 0.175 e. The Kier molecular flexibility index (Phi) is 17.9. The number of unbranched alkanes of at least 4 members (excludes halogenated alkanes) is 14. The van der Waals surface area contributed by atoms with E-state index < -0.39 is 23.3 Å². The van der Waals surface area contributed by atoms with E-state index in [9.17, 15) is 17.6 Å². The minimum atomic E-state index is -1.05. The third kappa shape index (κ3) is 13.2. The number of hydrogen-bond donors (Lipinski definition) is 0. The molecule has 0 bridgehead atoms. The molecule has 4 heteroatoms. The minimum Gasteiger partial charge on any atom is -0.203 e. The van der Waals surface area contributed by atoms with Crippen molar-refractivity contribution >= 4 is 12.2 Å². The van der Waals surface area contributed by atoms with Gasteiger partial charge in [0.1, 0.15) is 0 Å². The van der Waals surface area contributed by atoms with E-state index in [-0.39, 0.29) is 22.3 Å². The van der Waals surface area contributed by atoms with Crippen LogP contribution in [-0.4, -0.2) is 0 Å². The number of allylic oxidation sites excluding steroid dienone is 2. The SMILES string of the molecule is CCCCCCCCC/C=C/c1ccc(C#CC#Cc2ccc(/C=C/CCCCCCCCC)c(F)c2F)c(F)c1F. The van der Waals surface area contributed by atoms with Crippen molar-refractivity contribution in [3.63, 3.8) is 0 Å². The van der Waals surface area contributed by atoms with E-state index in [4.69, 9.17) is 0 Å². The summed E-state index contributed by atoms with van der Waals surface area (Å²) < 4.78 is 58.0. The van der Waals surface area contributed by atoms with Crippen LogP contribution in [0.2, 0.25) is 0 Å². The zero-order valence-corrected chi connectivity index (χ0v) is 25.4. The Morgan fingerprint density at radius 3 is 1.21 bits per heavy atom. The van der Waals surface area contributed by atoms with Crippen LogP contribution in [-0.2, 0) is 0 Å². The van der Waals surface area contributed by atoms with Crippen LogP contribution in [0, 0.1) is 47.0 Å². The average Bonchev–Trinajstić information content (AvgIpc) is 2.99. The van der Waals surface area contributed by atoms with Crippen LogP contribution in [0.5, 0.6) is 0 Å². The summed E-state index contributed by atoms with van der Waals surface area (Å²) in [5.41, 5.74) is 0.0561. The summed E-state index contributed by atoms with van der Waals surface area (Å²) in [5.74, 6) is 5.74. The van der Waals surface area contributed by atoms with Gasteiger partial charge < -0.3 is 0 Å². The lowest BCUT2D eigenvalue weighted by molar-refractivity contribution is 0.505. The van der Waals surface area contributed by atoms with E-state index >= 15 is 0 Å². The Morgan fingerprint density at radius 1 is 0.476 bits per heavy atom. The number of halogens is 4. The van der Waals surface area contributed by atoms with Crippen molar-refractivity contribution in [3.8, 4) is 23.7 Å². The Hall–Kier alpha value is -3.24. The maximum Gasteiger partial charge on any atom is 0.175 e. The highest BCUT2D eigenvalue weighted by Crippen LogP contribution is 2.19. The first-order chi connectivity index (χ1) is 20.5. The second kappa shape index (κ2) is 21.5. The van der Waals surface area contributed by atoms with Crippen LogP contribution < -0.4 is 0 Å². The van der Waals surface area contributed by atoms with Crippen molar-refractivity contribution in [2.24, 2.45) is 0 Å². The molecule has 2 aromatic carbocycles. The van der Waals surface area contributed by atoms with E-state index in [2.05, 4.69) is 37.5 Å². The lowest BCUT2D eigenvalue weighted by Gasteiger charge is -2.02. The predicted molar refractivity (Wildman–Crippen MR) is 170 cm³/mol. The van der Waals surface area contributed by atoms with Crippen molar-refractivity contribution < 1.29 is 17.6 Å². The van der Waals surface area contributed by atoms with Crippen LogP contribution >= 0.6 is 0 Å². The van der Waals surface area contributed by atoms with Crippen LogP contribution in [0.1, 0.15) is 139 Å². The molecule has 0 amide bonds. The van der Waals surface area contributed by atoms with Gasteiger partial charge in [-0.25, -0.2) is 17.6 Å². The van der Waals surface area contributed by atoms with Crippen molar-refractivity contribution in [2.75, 3.05) is 0 Å². The normalized spacial score (nSPS) is 11.1. The first-order valence-corrected chi connectivity index (χ1v) is 15.8. The molecule has 0 fully saturated rings. The molecule has 0 saturated heterocycles. The van der Waals surface area contributed by atoms with Crippen LogP contribution in [0.3, 0.4) is 0 Å². The Balaban J connectivity index is 1.88. The maximum absolute atomic E-state index is 14.5. The molecule has 0 heterocycles. The molecular formula is C38H46F4. The van der Waals surface area contributed by atoms with Crippen molar-refractivity contribution in [2.45, 2.75) is 117 Å². The molecular weight excluding hydrogens is 532 g/mol. The van der Waals surface area contributed by atoms with Gasteiger partial charge in [0.05, 0.1) is 11.1 Å². The number of rotatable bonds is 18. The number of benzene rings is 2. The molecule has 2 aromatic rings. The van der Waals surface area contributed by atoms with Crippen molar-refractivity contribution in [3.05, 3.63) is 81.9 Å². The van der Waals surface area contributed by atoms with E-state index in [1.165, 1.54) is 88.5 Å². The van der Waals surface area contributed by atoms with Crippen LogP contribution in [0.4, 0.5) is 17.6 Å². The molecule has 0 radical (unpaired) electrons. The fourth-order valence-electron chi connectivity index (χ4n) is 4.64. The molecule has 0 aromatic heterocycles. The van der Waals surface area contributed by atoms with Gasteiger partial charge in [-0.1, -0.05) is 127 Å². The quantitative estimate of drug-likeness (QED) is 0.0937. The molecule has 0 N–H and O–H groups in total. The molecule has 0 aliphatic heterocycles. The topological polar surface area (TPSA) is 0 Å². The molecule has 42 heavy (non-hydrogen) atoms. The molecule has 0 aliphatic carbocycles. The second-order valence-corrected chi connectivity index (χ2v) is 10.8. The maximum atomic E-state index is 14.5. The fourth-order valence-corrected chi connectivity index (χ4v) is 4.64. The van der Waals surface area contributed by atoms with E-state index in [1.807, 2.05) is 12.2 Å². The lowest BCUT2D eigenvalue weighted by atomic mass is 10.1. The predicted octanol–water partition coefficient (Wildman–Crippen LogP) is 12.0. The van der Waals surface area contributed by atoms with Gasteiger partial charge in [0.25, 0.3) is 0 Å². The first-order valence-electron chi connectivity index (χ1n) is 15.8. The highest BCUT2D eigenvalue weighted by atomic mass is 19.2. The zero-order valence-electron chi connectivity index (χ0n) is 25.4. The van der Waals surface area contributed by atoms with Crippen molar-refractivity contribution in [1.29, 1.82) is 0 Å². The third-order valence-corrected chi connectivity index (χ3v) is 7.22. The Labute approximate surface area is 251 Å². The van der Waals surface area contributed by atoms with Gasteiger partial charge in [0.15, 0.2) is 23.3 Å². The second-order valence-electron chi connectivity index (χ2n) is 10.8.